The van der Waals surface area contributed by atoms with Gasteiger partial charge in [0.05, 0.1) is 17.6 Å². The minimum absolute atomic E-state index is 0.0219. The van der Waals surface area contributed by atoms with Gasteiger partial charge in [0.25, 0.3) is 6.43 Å². The zero-order valence-electron chi connectivity index (χ0n) is 9.73. The van der Waals surface area contributed by atoms with Crippen LogP contribution in [0.15, 0.2) is 18.3 Å². The van der Waals surface area contributed by atoms with Crippen LogP contribution >= 0.6 is 11.5 Å². The number of nitrogens with one attached hydrogen (secondary N) is 2. The minimum atomic E-state index is -2.71. The molecule has 0 aliphatic heterocycles. The molecule has 2 aromatic rings. The summed E-state index contributed by atoms with van der Waals surface area (Å²) in [6.07, 6.45) is -1.66. The normalized spacial score (nSPS) is 10.6. The second-order valence-corrected chi connectivity index (χ2v) is 4.40. The molecular weight excluding hydrogens is 295 g/mol. The molecule has 0 fully saturated rings. The number of urea groups is 1. The van der Waals surface area contributed by atoms with E-state index in [1.165, 1.54) is 0 Å². The first-order valence-corrected chi connectivity index (χ1v) is 5.97. The van der Waals surface area contributed by atoms with E-state index < -0.39 is 24.1 Å². The summed E-state index contributed by atoms with van der Waals surface area (Å²) in [6, 6.07) is 1.23. The molecule has 0 saturated carbocycles. The van der Waals surface area contributed by atoms with Gasteiger partial charge in [-0.05, 0) is 11.5 Å². The Balaban J connectivity index is 2.03. The molecule has 0 unspecified atom stereocenters. The number of nitrogens with zero attached hydrogens (tertiary/aromatic N) is 2. The second-order valence-electron chi connectivity index (χ2n) is 3.59. The first kappa shape index (κ1) is 14.1. The van der Waals surface area contributed by atoms with Crippen molar-refractivity contribution in [2.75, 3.05) is 16.4 Å². The summed E-state index contributed by atoms with van der Waals surface area (Å²) in [5.41, 5.74) is 5.15. The lowest BCUT2D eigenvalue weighted by Gasteiger charge is -2.07. The minimum Gasteiger partial charge on any atom is -0.396 e. The Bertz CT molecular complexity index is 633. The van der Waals surface area contributed by atoms with E-state index in [1.54, 1.807) is 0 Å². The third-order valence-electron chi connectivity index (χ3n) is 2.14. The fourth-order valence-electron chi connectivity index (χ4n) is 1.26. The molecule has 2 heterocycles. The predicted molar refractivity (Wildman–Crippen MR) is 68.3 cm³/mol. The van der Waals surface area contributed by atoms with Gasteiger partial charge in [0, 0.05) is 12.1 Å². The molecule has 0 spiro atoms. The monoisotopic (exact) mass is 303 g/mol. The molecule has 2 rings (SSSR count). The summed E-state index contributed by atoms with van der Waals surface area (Å²) in [6.45, 7) is 0. The largest absolute Gasteiger partial charge is 0.396 e. The van der Waals surface area contributed by atoms with E-state index in [4.69, 9.17) is 5.73 Å². The van der Waals surface area contributed by atoms with Crippen LogP contribution in [0.5, 0.6) is 0 Å². The van der Waals surface area contributed by atoms with E-state index in [-0.39, 0.29) is 16.4 Å². The highest BCUT2D eigenvalue weighted by Crippen LogP contribution is 2.25. The van der Waals surface area contributed by atoms with Crippen LogP contribution in [0.4, 0.5) is 34.3 Å². The quantitative estimate of drug-likeness (QED) is 0.760. The van der Waals surface area contributed by atoms with Crippen molar-refractivity contribution in [3.05, 3.63) is 30.0 Å². The molecule has 106 valence electrons. The molecule has 0 atom stereocenters. The number of alkyl halides is 2. The highest BCUT2D eigenvalue weighted by molar-refractivity contribution is 7.10. The van der Waals surface area contributed by atoms with Crippen molar-refractivity contribution in [2.45, 2.75) is 6.43 Å². The van der Waals surface area contributed by atoms with Gasteiger partial charge in [-0.1, -0.05) is 0 Å². The molecule has 10 heteroatoms. The molecule has 0 saturated heterocycles. The number of carbonyl (C=O) groups is 1. The summed E-state index contributed by atoms with van der Waals surface area (Å²) < 4.78 is 41.0. The van der Waals surface area contributed by atoms with Crippen molar-refractivity contribution in [3.63, 3.8) is 0 Å². The number of nitrogens with two attached hydrogens (primary N) is 1. The average Bonchev–Trinajstić information content (AvgIpc) is 2.82. The van der Waals surface area contributed by atoms with Crippen molar-refractivity contribution < 1.29 is 18.0 Å². The summed E-state index contributed by atoms with van der Waals surface area (Å²) >= 11 is 0.704. The second kappa shape index (κ2) is 5.74. The average molecular weight is 303 g/mol. The summed E-state index contributed by atoms with van der Waals surface area (Å²) in [4.78, 5) is 14.9. The lowest BCUT2D eigenvalue weighted by atomic mass is 10.3. The highest BCUT2D eigenvalue weighted by atomic mass is 32.1. The molecule has 0 aliphatic rings. The van der Waals surface area contributed by atoms with Crippen LogP contribution in [-0.4, -0.2) is 15.4 Å². The highest BCUT2D eigenvalue weighted by Gasteiger charge is 2.14. The van der Waals surface area contributed by atoms with E-state index in [0.717, 1.165) is 18.3 Å². The number of hydrogen-bond donors (Lipinski definition) is 3. The summed E-state index contributed by atoms with van der Waals surface area (Å²) in [5, 5.41) is 4.69. The fraction of sp³-hybridized carbons (Fsp3) is 0.100. The maximum absolute atomic E-state index is 12.9. The number of rotatable bonds is 3. The third-order valence-corrected chi connectivity index (χ3v) is 2.86. The van der Waals surface area contributed by atoms with Crippen molar-refractivity contribution in [3.8, 4) is 0 Å². The van der Waals surface area contributed by atoms with Gasteiger partial charge in [-0.3, -0.25) is 5.32 Å². The molecule has 2 amide bonds. The maximum atomic E-state index is 12.9. The van der Waals surface area contributed by atoms with Gasteiger partial charge in [0.15, 0.2) is 0 Å². The lowest BCUT2D eigenvalue weighted by molar-refractivity contribution is 0.147. The Morgan fingerprint density at radius 1 is 1.35 bits per heavy atom. The van der Waals surface area contributed by atoms with Crippen molar-refractivity contribution in [1.29, 1.82) is 0 Å². The van der Waals surface area contributed by atoms with E-state index in [0.29, 0.717) is 11.5 Å². The fourth-order valence-corrected chi connectivity index (χ4v) is 1.91. The van der Waals surface area contributed by atoms with Gasteiger partial charge in [-0.15, -0.1) is 0 Å². The first-order chi connectivity index (χ1) is 9.45. The Hall–Kier alpha value is -2.36. The van der Waals surface area contributed by atoms with Crippen LogP contribution in [0.2, 0.25) is 0 Å². The Morgan fingerprint density at radius 3 is 2.75 bits per heavy atom. The topological polar surface area (TPSA) is 92.9 Å². The number of pyridine rings is 1. The van der Waals surface area contributed by atoms with E-state index in [9.17, 15) is 18.0 Å². The molecule has 2 aromatic heterocycles. The Labute approximate surface area is 115 Å². The first-order valence-electron chi connectivity index (χ1n) is 5.19. The van der Waals surface area contributed by atoms with Crippen LogP contribution in [0.3, 0.4) is 0 Å². The molecule has 0 aliphatic carbocycles. The standard InChI is InChI=1S/C10H8F3N5OS/c11-7-1-5(4(14)3-15-7)16-10(19)17-8-2-6(9(12)13)18-20-8/h1-3,9H,14H2,(H2,15,16,17,19). The van der Waals surface area contributed by atoms with Gasteiger partial charge in [-0.2, -0.15) is 8.76 Å². The SMILES string of the molecule is Nc1cnc(F)cc1NC(=O)Nc1cc(C(F)F)ns1. The predicted octanol–water partition coefficient (Wildman–Crippen LogP) is 2.84. The van der Waals surface area contributed by atoms with Gasteiger partial charge in [-0.25, -0.2) is 18.6 Å². The number of halogens is 3. The number of aromatic nitrogens is 2. The van der Waals surface area contributed by atoms with Gasteiger partial charge in [0.1, 0.15) is 10.7 Å². The van der Waals surface area contributed by atoms with E-state index >= 15 is 0 Å². The van der Waals surface area contributed by atoms with Gasteiger partial charge >= 0.3 is 6.03 Å². The number of amides is 2. The summed E-state index contributed by atoms with van der Waals surface area (Å²) in [5.74, 6) is -0.813. The Kier molecular flexibility index (Phi) is 4.03. The number of hydrogen-bond acceptors (Lipinski definition) is 5. The third kappa shape index (κ3) is 3.35. The maximum Gasteiger partial charge on any atom is 0.324 e. The van der Waals surface area contributed by atoms with Gasteiger partial charge < -0.3 is 11.1 Å². The molecule has 4 N–H and O–H groups in total. The Morgan fingerprint density at radius 2 is 2.10 bits per heavy atom. The molecule has 0 radical (unpaired) electrons. The van der Waals surface area contributed by atoms with Crippen molar-refractivity contribution >= 4 is 33.9 Å². The van der Waals surface area contributed by atoms with E-state index in [1.807, 2.05) is 0 Å². The molecule has 0 aromatic carbocycles. The molecular formula is C10H8F3N5OS. The molecule has 6 nitrogen and oxygen atoms in total. The van der Waals surface area contributed by atoms with Crippen LogP contribution in [0.25, 0.3) is 0 Å². The van der Waals surface area contributed by atoms with E-state index in [2.05, 4.69) is 20.0 Å². The van der Waals surface area contributed by atoms with Crippen LogP contribution in [0, 0.1) is 5.95 Å². The summed E-state index contributed by atoms with van der Waals surface area (Å²) in [7, 11) is 0. The van der Waals surface area contributed by atoms with Crippen LogP contribution in [-0.2, 0) is 0 Å². The number of carbonyl (C=O) groups excluding carboxylic acids is 1. The zero-order chi connectivity index (χ0) is 14.7. The zero-order valence-corrected chi connectivity index (χ0v) is 10.5. The van der Waals surface area contributed by atoms with Crippen molar-refractivity contribution in [2.24, 2.45) is 0 Å². The van der Waals surface area contributed by atoms with Crippen molar-refractivity contribution in [1.82, 2.24) is 9.36 Å². The molecule has 20 heavy (non-hydrogen) atoms. The number of anilines is 3. The smallest absolute Gasteiger partial charge is 0.324 e. The molecule has 0 bridgehead atoms. The van der Waals surface area contributed by atoms with Gasteiger partial charge in [0.2, 0.25) is 5.95 Å². The van der Waals surface area contributed by atoms with Crippen LogP contribution < -0.4 is 16.4 Å². The number of nitrogen functional groups attached to an aromatic ring is 1. The lowest BCUT2D eigenvalue weighted by Crippen LogP contribution is -2.19. The van der Waals surface area contributed by atoms with Crippen LogP contribution in [0.1, 0.15) is 12.1 Å².